The molecule has 1 amide bonds. The maximum atomic E-state index is 11.7. The van der Waals surface area contributed by atoms with E-state index in [0.717, 1.165) is 19.4 Å². The maximum Gasteiger partial charge on any atom is 0.219 e. The molecule has 3 rings (SSSR count). The Morgan fingerprint density at radius 1 is 1.41 bits per heavy atom. The molecule has 2 nitrogen and oxygen atoms in total. The van der Waals surface area contributed by atoms with Crippen molar-refractivity contribution < 1.29 is 4.79 Å². The van der Waals surface area contributed by atoms with Crippen LogP contribution in [-0.4, -0.2) is 23.4 Å². The van der Waals surface area contributed by atoms with E-state index >= 15 is 0 Å². The van der Waals surface area contributed by atoms with E-state index in [9.17, 15) is 4.79 Å². The number of amides is 1. The summed E-state index contributed by atoms with van der Waals surface area (Å²) < 4.78 is 0. The number of likely N-dealkylation sites (tertiary alicyclic amines) is 1. The lowest BCUT2D eigenvalue weighted by Gasteiger charge is -2.37. The fraction of sp³-hybridized carbons (Fsp3) is 0.533. The first kappa shape index (κ1) is 10.8. The number of rotatable bonds is 0. The van der Waals surface area contributed by atoms with E-state index in [-0.39, 0.29) is 5.91 Å². The molecule has 17 heavy (non-hydrogen) atoms. The fourth-order valence-electron chi connectivity index (χ4n) is 3.53. The third-order valence-electron chi connectivity index (χ3n) is 4.31. The van der Waals surface area contributed by atoms with Gasteiger partial charge in [0, 0.05) is 25.4 Å². The van der Waals surface area contributed by atoms with Gasteiger partial charge in [-0.05, 0) is 37.3 Å². The van der Waals surface area contributed by atoms with Gasteiger partial charge in [0.15, 0.2) is 0 Å². The van der Waals surface area contributed by atoms with Crippen LogP contribution in [0.25, 0.3) is 0 Å². The number of hydrogen-bond acceptors (Lipinski definition) is 1. The second-order valence-corrected chi connectivity index (χ2v) is 5.43. The molecule has 1 aliphatic carbocycles. The monoisotopic (exact) mass is 229 g/mol. The van der Waals surface area contributed by atoms with Gasteiger partial charge in [-0.15, -0.1) is 0 Å². The Morgan fingerprint density at radius 2 is 2.24 bits per heavy atom. The Hall–Kier alpha value is -1.31. The minimum Gasteiger partial charge on any atom is -0.339 e. The summed E-state index contributed by atoms with van der Waals surface area (Å²) in [6, 6.07) is 7.19. The summed E-state index contributed by atoms with van der Waals surface area (Å²) in [5.74, 6) is 0.826. The number of piperidine rings is 1. The largest absolute Gasteiger partial charge is 0.339 e. The van der Waals surface area contributed by atoms with Crippen molar-refractivity contribution in [3.8, 4) is 0 Å². The van der Waals surface area contributed by atoms with Crippen molar-refractivity contribution in [3.05, 3.63) is 34.9 Å². The Labute approximate surface area is 103 Å². The number of carbonyl (C=O) groups is 1. The number of fused-ring (bicyclic) bond motifs is 3. The Kier molecular flexibility index (Phi) is 2.46. The van der Waals surface area contributed by atoms with Crippen LogP contribution in [0.15, 0.2) is 18.2 Å². The molecular weight excluding hydrogens is 210 g/mol. The predicted octanol–water partition coefficient (Wildman–Crippen LogP) is 2.65. The summed E-state index contributed by atoms with van der Waals surface area (Å²) in [4.78, 5) is 13.8. The van der Waals surface area contributed by atoms with E-state index in [4.69, 9.17) is 0 Å². The van der Waals surface area contributed by atoms with Crippen LogP contribution in [0.3, 0.4) is 0 Å². The summed E-state index contributed by atoms with van der Waals surface area (Å²) in [6.07, 6.45) is 3.44. The highest BCUT2D eigenvalue weighted by Crippen LogP contribution is 2.42. The van der Waals surface area contributed by atoms with Crippen LogP contribution in [0.5, 0.6) is 0 Å². The second-order valence-electron chi connectivity index (χ2n) is 5.43. The normalized spacial score (nSPS) is 26.6. The molecule has 0 saturated carbocycles. The first-order chi connectivity index (χ1) is 8.16. The van der Waals surface area contributed by atoms with Gasteiger partial charge in [0.25, 0.3) is 0 Å². The van der Waals surface area contributed by atoms with Gasteiger partial charge in [0.05, 0.1) is 0 Å². The molecule has 90 valence electrons. The molecule has 0 spiro atoms. The maximum absolute atomic E-state index is 11.7. The van der Waals surface area contributed by atoms with Crippen molar-refractivity contribution in [2.24, 2.45) is 0 Å². The molecule has 1 aromatic rings. The molecule has 2 unspecified atom stereocenters. The van der Waals surface area contributed by atoms with Crippen molar-refractivity contribution in [1.82, 2.24) is 4.90 Å². The molecule has 1 heterocycles. The molecule has 1 fully saturated rings. The zero-order chi connectivity index (χ0) is 12.0. The molecule has 0 aromatic heterocycles. The third-order valence-corrected chi connectivity index (χ3v) is 4.31. The smallest absolute Gasteiger partial charge is 0.219 e. The topological polar surface area (TPSA) is 20.3 Å². The fourth-order valence-corrected chi connectivity index (χ4v) is 3.53. The average molecular weight is 229 g/mol. The van der Waals surface area contributed by atoms with Gasteiger partial charge in [-0.2, -0.15) is 0 Å². The number of benzene rings is 1. The van der Waals surface area contributed by atoms with Gasteiger partial charge in [0.2, 0.25) is 5.91 Å². The predicted molar refractivity (Wildman–Crippen MR) is 68.0 cm³/mol. The molecule has 1 aliphatic heterocycles. The van der Waals surface area contributed by atoms with Crippen molar-refractivity contribution in [1.29, 1.82) is 0 Å². The minimum absolute atomic E-state index is 0.240. The summed E-state index contributed by atoms with van der Waals surface area (Å²) in [6.45, 7) is 4.80. The van der Waals surface area contributed by atoms with Crippen LogP contribution >= 0.6 is 0 Å². The number of aryl methyl sites for hydroxylation is 1. The highest BCUT2D eigenvalue weighted by molar-refractivity contribution is 5.74. The first-order valence-electron chi connectivity index (χ1n) is 6.53. The number of nitrogens with zero attached hydrogens (tertiary/aromatic N) is 1. The molecule has 0 N–H and O–H groups in total. The second kappa shape index (κ2) is 3.86. The highest BCUT2D eigenvalue weighted by atomic mass is 16.2. The van der Waals surface area contributed by atoms with E-state index in [1.54, 1.807) is 6.92 Å². The zero-order valence-electron chi connectivity index (χ0n) is 10.6. The lowest BCUT2D eigenvalue weighted by molar-refractivity contribution is -0.132. The van der Waals surface area contributed by atoms with Gasteiger partial charge in [0.1, 0.15) is 0 Å². The number of hydrogen-bond donors (Lipinski definition) is 0. The summed E-state index contributed by atoms with van der Waals surface area (Å²) >= 11 is 0. The summed E-state index contributed by atoms with van der Waals surface area (Å²) in [5, 5.41) is 0. The minimum atomic E-state index is 0.240. The molecule has 2 aliphatic rings. The van der Waals surface area contributed by atoms with E-state index in [0.29, 0.717) is 12.0 Å². The SMILES string of the molecule is CC(=O)N1CCCC2c3cc(C)ccc3CC21. The van der Waals surface area contributed by atoms with Crippen molar-refractivity contribution >= 4 is 5.91 Å². The quantitative estimate of drug-likeness (QED) is 0.669. The van der Waals surface area contributed by atoms with Gasteiger partial charge in [-0.1, -0.05) is 23.8 Å². The Morgan fingerprint density at radius 3 is 3.00 bits per heavy atom. The van der Waals surface area contributed by atoms with Gasteiger partial charge in [-0.3, -0.25) is 4.79 Å². The lowest BCUT2D eigenvalue weighted by Crippen LogP contribution is -2.45. The third kappa shape index (κ3) is 1.67. The molecule has 1 aromatic carbocycles. The van der Waals surface area contributed by atoms with Crippen molar-refractivity contribution in [2.75, 3.05) is 6.54 Å². The molecule has 0 bridgehead atoms. The van der Waals surface area contributed by atoms with E-state index in [1.165, 1.54) is 23.1 Å². The zero-order valence-corrected chi connectivity index (χ0v) is 10.6. The first-order valence-corrected chi connectivity index (χ1v) is 6.53. The average Bonchev–Trinajstić information content (AvgIpc) is 2.66. The van der Waals surface area contributed by atoms with Crippen LogP contribution in [0.2, 0.25) is 0 Å². The van der Waals surface area contributed by atoms with E-state index < -0.39 is 0 Å². The molecular formula is C15H19NO. The molecule has 2 atom stereocenters. The summed E-state index contributed by atoms with van der Waals surface area (Å²) in [5.41, 5.74) is 4.30. The van der Waals surface area contributed by atoms with Crippen molar-refractivity contribution in [3.63, 3.8) is 0 Å². The molecule has 2 heteroatoms. The summed E-state index contributed by atoms with van der Waals surface area (Å²) in [7, 11) is 0. The van der Waals surface area contributed by atoms with Crippen LogP contribution < -0.4 is 0 Å². The van der Waals surface area contributed by atoms with Gasteiger partial charge >= 0.3 is 0 Å². The van der Waals surface area contributed by atoms with Crippen LogP contribution in [-0.2, 0) is 11.2 Å². The molecule has 0 radical (unpaired) electrons. The highest BCUT2D eigenvalue weighted by Gasteiger charge is 2.39. The van der Waals surface area contributed by atoms with Crippen LogP contribution in [0.1, 0.15) is 42.4 Å². The molecule has 1 saturated heterocycles. The Bertz CT molecular complexity index is 466. The van der Waals surface area contributed by atoms with E-state index in [2.05, 4.69) is 30.0 Å². The number of carbonyl (C=O) groups excluding carboxylic acids is 1. The Balaban J connectivity index is 1.98. The lowest BCUT2D eigenvalue weighted by atomic mass is 9.88. The van der Waals surface area contributed by atoms with Gasteiger partial charge < -0.3 is 4.90 Å². The van der Waals surface area contributed by atoms with Crippen molar-refractivity contribution in [2.45, 2.75) is 45.1 Å². The van der Waals surface area contributed by atoms with E-state index in [1.807, 2.05) is 0 Å². The standard InChI is InChI=1S/C15H19NO/c1-10-5-6-12-9-15-13(14(12)8-10)4-3-7-16(15)11(2)17/h5-6,8,13,15H,3-4,7,9H2,1-2H3. The van der Waals surface area contributed by atoms with Gasteiger partial charge in [-0.25, -0.2) is 0 Å². The van der Waals surface area contributed by atoms with Crippen LogP contribution in [0.4, 0.5) is 0 Å². The van der Waals surface area contributed by atoms with Crippen LogP contribution in [0, 0.1) is 6.92 Å².